The van der Waals surface area contributed by atoms with Crippen molar-refractivity contribution in [3.63, 3.8) is 0 Å². The minimum Gasteiger partial charge on any atom is -0.396 e. The predicted octanol–water partition coefficient (Wildman–Crippen LogP) is -0.421. The molecule has 4 heteroatoms. The molecule has 1 saturated carbocycles. The van der Waals surface area contributed by atoms with Gasteiger partial charge >= 0.3 is 0 Å². The Morgan fingerprint density at radius 3 is 2.93 bits per heavy atom. The van der Waals surface area contributed by atoms with Gasteiger partial charge in [0.25, 0.3) is 0 Å². The molecule has 0 spiro atoms. The summed E-state index contributed by atoms with van der Waals surface area (Å²) in [4.78, 5) is 13.6. The average molecular weight is 198 g/mol. The SMILES string of the molecule is O=C(CCO)N1CCNCC1C1CC1. The van der Waals surface area contributed by atoms with E-state index < -0.39 is 0 Å². The van der Waals surface area contributed by atoms with E-state index >= 15 is 0 Å². The first-order chi connectivity index (χ1) is 6.83. The van der Waals surface area contributed by atoms with Crippen LogP contribution in [0.15, 0.2) is 0 Å². The molecule has 0 aromatic heterocycles. The number of hydrogen-bond acceptors (Lipinski definition) is 3. The van der Waals surface area contributed by atoms with Crippen molar-refractivity contribution in [2.45, 2.75) is 25.3 Å². The number of aliphatic hydroxyl groups is 1. The van der Waals surface area contributed by atoms with Gasteiger partial charge in [0.05, 0.1) is 6.61 Å². The van der Waals surface area contributed by atoms with Gasteiger partial charge in [0, 0.05) is 32.1 Å². The lowest BCUT2D eigenvalue weighted by Gasteiger charge is -2.36. The molecule has 0 aromatic rings. The molecule has 0 aromatic carbocycles. The number of hydrogen-bond donors (Lipinski definition) is 2. The zero-order valence-electron chi connectivity index (χ0n) is 8.41. The van der Waals surface area contributed by atoms with Crippen LogP contribution in [0.5, 0.6) is 0 Å². The van der Waals surface area contributed by atoms with E-state index in [0.29, 0.717) is 12.0 Å². The summed E-state index contributed by atoms with van der Waals surface area (Å²) in [7, 11) is 0. The molecule has 2 N–H and O–H groups in total. The highest BCUT2D eigenvalue weighted by molar-refractivity contribution is 5.76. The van der Waals surface area contributed by atoms with Gasteiger partial charge in [0.15, 0.2) is 0 Å². The Hall–Kier alpha value is -0.610. The number of amides is 1. The predicted molar refractivity (Wildman–Crippen MR) is 52.8 cm³/mol. The molecule has 1 atom stereocenters. The van der Waals surface area contributed by atoms with Crippen molar-refractivity contribution in [1.29, 1.82) is 0 Å². The summed E-state index contributed by atoms with van der Waals surface area (Å²) in [6.45, 7) is 2.60. The van der Waals surface area contributed by atoms with Crippen LogP contribution in [0.25, 0.3) is 0 Å². The molecule has 1 saturated heterocycles. The Balaban J connectivity index is 1.94. The summed E-state index contributed by atoms with van der Waals surface area (Å²) in [5.41, 5.74) is 0. The lowest BCUT2D eigenvalue weighted by Crippen LogP contribution is -2.54. The van der Waals surface area contributed by atoms with E-state index in [0.717, 1.165) is 19.6 Å². The normalized spacial score (nSPS) is 27.8. The highest BCUT2D eigenvalue weighted by atomic mass is 16.3. The number of rotatable bonds is 3. The number of nitrogens with one attached hydrogen (secondary N) is 1. The van der Waals surface area contributed by atoms with Crippen LogP contribution in [-0.2, 0) is 4.79 Å². The van der Waals surface area contributed by atoms with Gasteiger partial charge in [-0.2, -0.15) is 0 Å². The maximum absolute atomic E-state index is 11.7. The minimum atomic E-state index is -0.0276. The fourth-order valence-corrected chi connectivity index (χ4v) is 2.18. The topological polar surface area (TPSA) is 52.6 Å². The molecule has 1 amide bonds. The van der Waals surface area contributed by atoms with Crippen LogP contribution < -0.4 is 5.32 Å². The molecular formula is C10H18N2O2. The quantitative estimate of drug-likeness (QED) is 0.647. The Morgan fingerprint density at radius 2 is 2.29 bits per heavy atom. The Kier molecular flexibility index (Phi) is 3.03. The third-order valence-corrected chi connectivity index (χ3v) is 3.10. The number of aliphatic hydroxyl groups excluding tert-OH is 1. The first kappa shape index (κ1) is 9.93. The molecule has 2 aliphatic rings. The van der Waals surface area contributed by atoms with E-state index in [1.54, 1.807) is 0 Å². The Morgan fingerprint density at radius 1 is 1.50 bits per heavy atom. The van der Waals surface area contributed by atoms with E-state index in [2.05, 4.69) is 5.32 Å². The van der Waals surface area contributed by atoms with Gasteiger partial charge in [0.1, 0.15) is 0 Å². The lowest BCUT2D eigenvalue weighted by atomic mass is 10.1. The van der Waals surface area contributed by atoms with E-state index in [-0.39, 0.29) is 18.9 Å². The highest BCUT2D eigenvalue weighted by Gasteiger charge is 2.38. The number of carbonyl (C=O) groups is 1. The van der Waals surface area contributed by atoms with E-state index in [9.17, 15) is 4.79 Å². The van der Waals surface area contributed by atoms with Crippen molar-refractivity contribution in [3.8, 4) is 0 Å². The molecular weight excluding hydrogens is 180 g/mol. The van der Waals surface area contributed by atoms with Crippen molar-refractivity contribution < 1.29 is 9.90 Å². The van der Waals surface area contributed by atoms with E-state index in [4.69, 9.17) is 5.11 Å². The maximum atomic E-state index is 11.7. The van der Waals surface area contributed by atoms with Crippen molar-refractivity contribution in [2.24, 2.45) is 5.92 Å². The van der Waals surface area contributed by atoms with Gasteiger partial charge in [-0.1, -0.05) is 0 Å². The molecule has 1 unspecified atom stereocenters. The summed E-state index contributed by atoms with van der Waals surface area (Å²) < 4.78 is 0. The third-order valence-electron chi connectivity index (χ3n) is 3.10. The largest absolute Gasteiger partial charge is 0.396 e. The average Bonchev–Trinajstić information content (AvgIpc) is 3.01. The fourth-order valence-electron chi connectivity index (χ4n) is 2.18. The fraction of sp³-hybridized carbons (Fsp3) is 0.900. The van der Waals surface area contributed by atoms with Gasteiger partial charge in [0.2, 0.25) is 5.91 Å². The zero-order valence-corrected chi connectivity index (χ0v) is 8.41. The molecule has 1 aliphatic heterocycles. The lowest BCUT2D eigenvalue weighted by molar-refractivity contribution is -0.135. The molecule has 1 aliphatic carbocycles. The van der Waals surface area contributed by atoms with Crippen LogP contribution in [0.1, 0.15) is 19.3 Å². The Bertz CT molecular complexity index is 216. The van der Waals surface area contributed by atoms with Gasteiger partial charge in [-0.05, 0) is 18.8 Å². The van der Waals surface area contributed by atoms with Crippen LogP contribution >= 0.6 is 0 Å². The number of carbonyl (C=O) groups excluding carboxylic acids is 1. The van der Waals surface area contributed by atoms with Crippen LogP contribution in [-0.4, -0.2) is 48.2 Å². The summed E-state index contributed by atoms with van der Waals surface area (Å²) in [5.74, 6) is 0.830. The van der Waals surface area contributed by atoms with Crippen molar-refractivity contribution in [3.05, 3.63) is 0 Å². The summed E-state index contributed by atoms with van der Waals surface area (Å²) in [5, 5.41) is 12.1. The second kappa shape index (κ2) is 4.28. The monoisotopic (exact) mass is 198 g/mol. The molecule has 0 radical (unpaired) electrons. The first-order valence-corrected chi connectivity index (χ1v) is 5.44. The van der Waals surface area contributed by atoms with Crippen LogP contribution in [0.4, 0.5) is 0 Å². The molecule has 4 nitrogen and oxygen atoms in total. The summed E-state index contributed by atoms with van der Waals surface area (Å²) >= 11 is 0. The molecule has 14 heavy (non-hydrogen) atoms. The second-order valence-electron chi connectivity index (χ2n) is 4.17. The first-order valence-electron chi connectivity index (χ1n) is 5.44. The van der Waals surface area contributed by atoms with E-state index in [1.807, 2.05) is 4.90 Å². The van der Waals surface area contributed by atoms with Crippen LogP contribution in [0.3, 0.4) is 0 Å². The minimum absolute atomic E-state index is 0.0276. The number of piperazine rings is 1. The van der Waals surface area contributed by atoms with Crippen LogP contribution in [0, 0.1) is 5.92 Å². The van der Waals surface area contributed by atoms with Gasteiger partial charge in [-0.15, -0.1) is 0 Å². The smallest absolute Gasteiger partial charge is 0.225 e. The van der Waals surface area contributed by atoms with Crippen molar-refractivity contribution in [2.75, 3.05) is 26.2 Å². The molecule has 2 rings (SSSR count). The molecule has 0 bridgehead atoms. The molecule has 2 fully saturated rings. The standard InChI is InChI=1S/C10H18N2O2/c13-6-3-10(14)12-5-4-11-7-9(12)8-1-2-8/h8-9,11,13H,1-7H2. The van der Waals surface area contributed by atoms with Crippen molar-refractivity contribution >= 4 is 5.91 Å². The van der Waals surface area contributed by atoms with Gasteiger partial charge in [-0.3, -0.25) is 4.79 Å². The maximum Gasteiger partial charge on any atom is 0.225 e. The molecule has 80 valence electrons. The van der Waals surface area contributed by atoms with E-state index in [1.165, 1.54) is 12.8 Å². The summed E-state index contributed by atoms with van der Waals surface area (Å²) in [6.07, 6.45) is 2.80. The second-order valence-corrected chi connectivity index (χ2v) is 4.17. The number of nitrogens with zero attached hydrogens (tertiary/aromatic N) is 1. The van der Waals surface area contributed by atoms with Crippen molar-refractivity contribution in [1.82, 2.24) is 10.2 Å². The zero-order chi connectivity index (χ0) is 9.97. The Labute approximate surface area is 84.3 Å². The van der Waals surface area contributed by atoms with Gasteiger partial charge < -0.3 is 15.3 Å². The highest BCUT2D eigenvalue weighted by Crippen LogP contribution is 2.35. The molecule has 1 heterocycles. The van der Waals surface area contributed by atoms with Gasteiger partial charge in [-0.25, -0.2) is 0 Å². The van der Waals surface area contributed by atoms with Crippen LogP contribution in [0.2, 0.25) is 0 Å². The third kappa shape index (κ3) is 2.07. The summed E-state index contributed by atoms with van der Waals surface area (Å²) in [6, 6.07) is 0.391.